The Hall–Kier alpha value is 0.1000. The average molecular weight is 304 g/mol. The normalized spacial score (nSPS) is 17.4. The Morgan fingerprint density at radius 3 is 2.69 bits per heavy atom. The summed E-state index contributed by atoms with van der Waals surface area (Å²) in [5.74, 6) is 0. The van der Waals surface area contributed by atoms with Crippen LogP contribution in [0.2, 0.25) is 0 Å². The molecule has 0 spiro atoms. The Labute approximate surface area is 109 Å². The fourth-order valence-electron chi connectivity index (χ4n) is 2.43. The van der Waals surface area contributed by atoms with E-state index in [2.05, 4.69) is 33.0 Å². The van der Waals surface area contributed by atoms with E-state index in [1.54, 1.807) is 11.3 Å². The molecule has 2 rings (SSSR count). The molecule has 16 heavy (non-hydrogen) atoms. The van der Waals surface area contributed by atoms with Crippen molar-refractivity contribution in [2.24, 2.45) is 0 Å². The third-order valence-electron chi connectivity index (χ3n) is 3.22. The summed E-state index contributed by atoms with van der Waals surface area (Å²) in [7, 11) is 0. The first-order chi connectivity index (χ1) is 7.79. The maximum atomic E-state index is 9.13. The lowest BCUT2D eigenvalue weighted by Crippen LogP contribution is -2.34. The third-order valence-corrected chi connectivity index (χ3v) is 4.82. The second kappa shape index (κ2) is 6.15. The molecule has 0 radical (unpaired) electrons. The molecular formula is C12H18BrNOS. The topological polar surface area (TPSA) is 23.5 Å². The Bertz CT molecular complexity index is 323. The minimum Gasteiger partial charge on any atom is -0.395 e. The summed E-state index contributed by atoms with van der Waals surface area (Å²) in [4.78, 5) is 3.82. The Morgan fingerprint density at radius 1 is 1.38 bits per heavy atom. The number of hydrogen-bond donors (Lipinski definition) is 1. The van der Waals surface area contributed by atoms with Crippen LogP contribution in [0.4, 0.5) is 0 Å². The summed E-state index contributed by atoms with van der Waals surface area (Å²) in [6, 6.07) is 4.97. The first-order valence-corrected chi connectivity index (χ1v) is 7.49. The van der Waals surface area contributed by atoms with Crippen LogP contribution in [0.25, 0.3) is 0 Å². The van der Waals surface area contributed by atoms with Gasteiger partial charge in [-0.05, 0) is 40.9 Å². The minimum atomic E-state index is 0.267. The van der Waals surface area contributed by atoms with Crippen molar-refractivity contribution in [1.29, 1.82) is 0 Å². The second-order valence-electron chi connectivity index (χ2n) is 4.34. The molecule has 1 aromatic heterocycles. The van der Waals surface area contributed by atoms with Crippen LogP contribution in [0.5, 0.6) is 0 Å². The van der Waals surface area contributed by atoms with Gasteiger partial charge in [-0.2, -0.15) is 0 Å². The van der Waals surface area contributed by atoms with Gasteiger partial charge in [-0.1, -0.05) is 12.8 Å². The van der Waals surface area contributed by atoms with E-state index in [9.17, 15) is 0 Å². The summed E-state index contributed by atoms with van der Waals surface area (Å²) in [5, 5.41) is 9.13. The SMILES string of the molecule is OCCN(Cc1ccc(Br)s1)C1CCCC1. The fourth-order valence-corrected chi connectivity index (χ4v) is 3.93. The lowest BCUT2D eigenvalue weighted by molar-refractivity contribution is 0.146. The standard InChI is InChI=1S/C12H18BrNOS/c13-12-6-5-11(16-12)9-14(7-8-15)10-3-1-2-4-10/h5-6,10,15H,1-4,7-9H2. The molecule has 4 heteroatoms. The highest BCUT2D eigenvalue weighted by Crippen LogP contribution is 2.28. The van der Waals surface area contributed by atoms with Crippen LogP contribution in [0.1, 0.15) is 30.6 Å². The van der Waals surface area contributed by atoms with E-state index in [0.29, 0.717) is 6.04 Å². The van der Waals surface area contributed by atoms with Crippen molar-refractivity contribution in [3.05, 3.63) is 20.8 Å². The first-order valence-electron chi connectivity index (χ1n) is 5.88. The van der Waals surface area contributed by atoms with Gasteiger partial charge in [0.15, 0.2) is 0 Å². The lowest BCUT2D eigenvalue weighted by atomic mass is 10.2. The van der Waals surface area contributed by atoms with Crippen LogP contribution in [0.15, 0.2) is 15.9 Å². The zero-order chi connectivity index (χ0) is 11.4. The molecule has 1 aliphatic carbocycles. The smallest absolute Gasteiger partial charge is 0.0701 e. The van der Waals surface area contributed by atoms with Gasteiger partial charge in [0.1, 0.15) is 0 Å². The highest BCUT2D eigenvalue weighted by Gasteiger charge is 2.22. The quantitative estimate of drug-likeness (QED) is 0.902. The van der Waals surface area contributed by atoms with Crippen LogP contribution in [0.3, 0.4) is 0 Å². The lowest BCUT2D eigenvalue weighted by Gasteiger charge is -2.27. The van der Waals surface area contributed by atoms with E-state index in [-0.39, 0.29) is 6.61 Å². The number of halogens is 1. The number of thiophene rings is 1. The van der Waals surface area contributed by atoms with Gasteiger partial charge in [-0.25, -0.2) is 0 Å². The highest BCUT2D eigenvalue weighted by atomic mass is 79.9. The van der Waals surface area contributed by atoms with Crippen molar-refractivity contribution in [2.45, 2.75) is 38.3 Å². The number of aliphatic hydroxyl groups is 1. The van der Waals surface area contributed by atoms with Crippen LogP contribution >= 0.6 is 27.3 Å². The summed E-state index contributed by atoms with van der Waals surface area (Å²) >= 11 is 5.29. The molecule has 1 fully saturated rings. The first kappa shape index (κ1) is 12.6. The molecule has 0 atom stereocenters. The summed E-state index contributed by atoms with van der Waals surface area (Å²) in [6.07, 6.45) is 5.29. The van der Waals surface area contributed by atoms with Gasteiger partial charge < -0.3 is 5.11 Å². The van der Waals surface area contributed by atoms with E-state index >= 15 is 0 Å². The van der Waals surface area contributed by atoms with Crippen molar-refractivity contribution in [2.75, 3.05) is 13.2 Å². The predicted molar refractivity (Wildman–Crippen MR) is 71.8 cm³/mol. The Kier molecular flexibility index (Phi) is 4.82. The molecule has 1 heterocycles. The molecule has 1 N–H and O–H groups in total. The van der Waals surface area contributed by atoms with Crippen molar-refractivity contribution >= 4 is 27.3 Å². The van der Waals surface area contributed by atoms with E-state index < -0.39 is 0 Å². The largest absolute Gasteiger partial charge is 0.395 e. The zero-order valence-corrected chi connectivity index (χ0v) is 11.8. The zero-order valence-electron chi connectivity index (χ0n) is 9.36. The van der Waals surface area contributed by atoms with E-state index in [0.717, 1.165) is 13.1 Å². The van der Waals surface area contributed by atoms with E-state index in [1.165, 1.54) is 34.3 Å². The second-order valence-corrected chi connectivity index (χ2v) is 6.89. The van der Waals surface area contributed by atoms with Crippen LogP contribution in [-0.2, 0) is 6.54 Å². The van der Waals surface area contributed by atoms with Gasteiger partial charge in [-0.3, -0.25) is 4.90 Å². The number of rotatable bonds is 5. The average Bonchev–Trinajstić information content (AvgIpc) is 2.88. The van der Waals surface area contributed by atoms with Crippen molar-refractivity contribution in [1.82, 2.24) is 4.90 Å². The summed E-state index contributed by atoms with van der Waals surface area (Å²) in [6.45, 7) is 2.06. The maximum Gasteiger partial charge on any atom is 0.0701 e. The van der Waals surface area contributed by atoms with Gasteiger partial charge in [0.05, 0.1) is 10.4 Å². The van der Waals surface area contributed by atoms with Crippen LogP contribution in [0, 0.1) is 0 Å². The maximum absolute atomic E-state index is 9.13. The monoisotopic (exact) mass is 303 g/mol. The Balaban J connectivity index is 1.96. The number of nitrogens with zero attached hydrogens (tertiary/aromatic N) is 1. The fraction of sp³-hybridized carbons (Fsp3) is 0.667. The molecule has 1 saturated carbocycles. The molecule has 0 aliphatic heterocycles. The van der Waals surface area contributed by atoms with Crippen molar-refractivity contribution in [3.8, 4) is 0 Å². The molecule has 1 aliphatic rings. The molecule has 90 valence electrons. The molecule has 0 bridgehead atoms. The van der Waals surface area contributed by atoms with Crippen LogP contribution in [-0.4, -0.2) is 29.2 Å². The molecule has 0 unspecified atom stereocenters. The number of aliphatic hydroxyl groups excluding tert-OH is 1. The van der Waals surface area contributed by atoms with E-state index in [4.69, 9.17) is 5.11 Å². The third kappa shape index (κ3) is 3.29. The van der Waals surface area contributed by atoms with Gasteiger partial charge in [0.2, 0.25) is 0 Å². The highest BCUT2D eigenvalue weighted by molar-refractivity contribution is 9.11. The molecule has 0 amide bonds. The molecule has 1 aromatic rings. The summed E-state index contributed by atoms with van der Waals surface area (Å²) < 4.78 is 1.19. The molecular weight excluding hydrogens is 286 g/mol. The van der Waals surface area contributed by atoms with Gasteiger partial charge in [0.25, 0.3) is 0 Å². The Morgan fingerprint density at radius 2 is 2.12 bits per heavy atom. The van der Waals surface area contributed by atoms with Gasteiger partial charge in [0, 0.05) is 24.0 Å². The van der Waals surface area contributed by atoms with E-state index in [1.807, 2.05) is 0 Å². The predicted octanol–water partition coefficient (Wildman–Crippen LogP) is 3.25. The van der Waals surface area contributed by atoms with Gasteiger partial charge in [-0.15, -0.1) is 11.3 Å². The number of hydrogen-bond acceptors (Lipinski definition) is 3. The van der Waals surface area contributed by atoms with Gasteiger partial charge >= 0.3 is 0 Å². The minimum absolute atomic E-state index is 0.267. The van der Waals surface area contributed by atoms with Crippen molar-refractivity contribution in [3.63, 3.8) is 0 Å². The molecule has 2 nitrogen and oxygen atoms in total. The molecule has 0 aromatic carbocycles. The van der Waals surface area contributed by atoms with Crippen LogP contribution < -0.4 is 0 Å². The summed E-state index contributed by atoms with van der Waals surface area (Å²) in [5.41, 5.74) is 0. The van der Waals surface area contributed by atoms with Crippen molar-refractivity contribution < 1.29 is 5.11 Å². The molecule has 0 saturated heterocycles.